The molecule has 5 nitrogen and oxygen atoms in total. The predicted octanol–water partition coefficient (Wildman–Crippen LogP) is 0.598. The molecule has 0 fully saturated rings. The summed E-state index contributed by atoms with van der Waals surface area (Å²) in [5, 5.41) is 11.9. The maximum atomic E-state index is 11.9. The fraction of sp³-hybridized carbons (Fsp3) is 0.417. The molecular weight excluding hydrogens is 218 g/mol. The number of aliphatic hydroxyl groups is 1. The topological polar surface area (TPSA) is 101 Å². The number of nitrogens with one attached hydrogen (secondary N) is 1. The van der Waals surface area contributed by atoms with Gasteiger partial charge in [-0.3, -0.25) is 4.79 Å². The van der Waals surface area contributed by atoms with Crippen molar-refractivity contribution >= 4 is 17.3 Å². The zero-order valence-corrected chi connectivity index (χ0v) is 10.1. The Labute approximate surface area is 101 Å². The lowest BCUT2D eigenvalue weighted by Crippen LogP contribution is -2.41. The summed E-state index contributed by atoms with van der Waals surface area (Å²) < 4.78 is 0. The van der Waals surface area contributed by atoms with Crippen LogP contribution in [0.15, 0.2) is 18.2 Å². The van der Waals surface area contributed by atoms with Gasteiger partial charge in [-0.15, -0.1) is 0 Å². The van der Waals surface area contributed by atoms with E-state index in [9.17, 15) is 4.79 Å². The number of aliphatic hydroxyl groups excluding tert-OH is 1. The monoisotopic (exact) mass is 237 g/mol. The van der Waals surface area contributed by atoms with Gasteiger partial charge in [0.05, 0.1) is 12.6 Å². The minimum absolute atomic E-state index is 0.0960. The van der Waals surface area contributed by atoms with Crippen LogP contribution in [0.5, 0.6) is 0 Å². The molecule has 1 amide bonds. The van der Waals surface area contributed by atoms with Crippen LogP contribution in [0, 0.1) is 5.92 Å². The first-order valence-electron chi connectivity index (χ1n) is 5.51. The molecule has 0 aliphatic rings. The molecule has 0 bridgehead atoms. The summed E-state index contributed by atoms with van der Waals surface area (Å²) in [5.74, 6) is -0.126. The standard InChI is InChI=1S/C12H19N3O2/c1-7(2)11(6-16)15-12(17)8-3-9(13)5-10(14)4-8/h3-5,7,11,16H,6,13-14H2,1-2H3,(H,15,17). The fourth-order valence-electron chi connectivity index (χ4n) is 1.48. The van der Waals surface area contributed by atoms with Gasteiger partial charge in [-0.05, 0) is 24.1 Å². The van der Waals surface area contributed by atoms with Crippen molar-refractivity contribution in [1.29, 1.82) is 0 Å². The van der Waals surface area contributed by atoms with Gasteiger partial charge in [0, 0.05) is 16.9 Å². The Kier molecular flexibility index (Phi) is 4.34. The third kappa shape index (κ3) is 3.64. The molecule has 0 radical (unpaired) electrons. The average molecular weight is 237 g/mol. The second-order valence-electron chi connectivity index (χ2n) is 4.39. The summed E-state index contributed by atoms with van der Waals surface area (Å²) in [6, 6.07) is 4.43. The van der Waals surface area contributed by atoms with Gasteiger partial charge in [0.1, 0.15) is 0 Å². The van der Waals surface area contributed by atoms with Gasteiger partial charge in [0.25, 0.3) is 5.91 Å². The zero-order valence-electron chi connectivity index (χ0n) is 10.1. The number of hydrogen-bond acceptors (Lipinski definition) is 4. The molecule has 1 atom stereocenters. The van der Waals surface area contributed by atoms with Gasteiger partial charge in [-0.2, -0.15) is 0 Å². The second-order valence-corrected chi connectivity index (χ2v) is 4.39. The van der Waals surface area contributed by atoms with Crippen LogP contribution in [0.4, 0.5) is 11.4 Å². The molecule has 0 heterocycles. The molecule has 1 aromatic rings. The number of hydrogen-bond donors (Lipinski definition) is 4. The van der Waals surface area contributed by atoms with Crippen molar-refractivity contribution in [2.24, 2.45) is 5.92 Å². The Bertz CT molecular complexity index is 384. The molecule has 0 aliphatic heterocycles. The number of amides is 1. The highest BCUT2D eigenvalue weighted by atomic mass is 16.3. The van der Waals surface area contributed by atoms with Gasteiger partial charge in [0.2, 0.25) is 0 Å². The van der Waals surface area contributed by atoms with E-state index >= 15 is 0 Å². The number of nitrogens with two attached hydrogens (primary N) is 2. The largest absolute Gasteiger partial charge is 0.399 e. The number of rotatable bonds is 4. The first kappa shape index (κ1) is 13.3. The van der Waals surface area contributed by atoms with Crippen molar-refractivity contribution in [2.45, 2.75) is 19.9 Å². The molecule has 0 spiro atoms. The Balaban J connectivity index is 2.82. The molecule has 1 unspecified atom stereocenters. The summed E-state index contributed by atoms with van der Waals surface area (Å²) in [5.41, 5.74) is 12.5. The van der Waals surface area contributed by atoms with Crippen molar-refractivity contribution in [2.75, 3.05) is 18.1 Å². The predicted molar refractivity (Wildman–Crippen MR) is 68.4 cm³/mol. The lowest BCUT2D eigenvalue weighted by atomic mass is 10.0. The molecule has 6 N–H and O–H groups in total. The molecule has 94 valence electrons. The van der Waals surface area contributed by atoms with Gasteiger partial charge in [0.15, 0.2) is 0 Å². The number of benzene rings is 1. The molecule has 17 heavy (non-hydrogen) atoms. The summed E-state index contributed by atoms with van der Waals surface area (Å²) in [6.07, 6.45) is 0. The van der Waals surface area contributed by atoms with Crippen LogP contribution in [0.25, 0.3) is 0 Å². The molecule has 1 rings (SSSR count). The number of carbonyl (C=O) groups is 1. The smallest absolute Gasteiger partial charge is 0.251 e. The molecule has 0 aliphatic carbocycles. The summed E-state index contributed by atoms with van der Waals surface area (Å²) in [4.78, 5) is 11.9. The van der Waals surface area contributed by atoms with Gasteiger partial charge >= 0.3 is 0 Å². The molecule has 5 heteroatoms. The number of carbonyl (C=O) groups excluding carboxylic acids is 1. The van der Waals surface area contributed by atoms with E-state index in [-0.39, 0.29) is 24.5 Å². The summed E-state index contributed by atoms with van der Waals surface area (Å²) >= 11 is 0. The van der Waals surface area contributed by atoms with E-state index in [4.69, 9.17) is 16.6 Å². The molecular formula is C12H19N3O2. The Morgan fingerprint density at radius 2 is 1.82 bits per heavy atom. The van der Waals surface area contributed by atoms with E-state index in [0.717, 1.165) is 0 Å². The van der Waals surface area contributed by atoms with E-state index in [2.05, 4.69) is 5.32 Å². The van der Waals surface area contributed by atoms with E-state index < -0.39 is 0 Å². The lowest BCUT2D eigenvalue weighted by Gasteiger charge is -2.20. The van der Waals surface area contributed by atoms with Gasteiger partial charge < -0.3 is 21.9 Å². The first-order valence-corrected chi connectivity index (χ1v) is 5.51. The molecule has 0 saturated heterocycles. The van der Waals surface area contributed by atoms with E-state index in [1.165, 1.54) is 0 Å². The van der Waals surface area contributed by atoms with Crippen molar-refractivity contribution in [3.63, 3.8) is 0 Å². The van der Waals surface area contributed by atoms with Gasteiger partial charge in [-0.1, -0.05) is 13.8 Å². The molecule has 0 saturated carbocycles. The minimum Gasteiger partial charge on any atom is -0.399 e. The van der Waals surface area contributed by atoms with E-state index in [1.54, 1.807) is 18.2 Å². The lowest BCUT2D eigenvalue weighted by molar-refractivity contribution is 0.0897. The van der Waals surface area contributed by atoms with Crippen LogP contribution in [0.2, 0.25) is 0 Å². The highest BCUT2D eigenvalue weighted by molar-refractivity contribution is 5.96. The van der Waals surface area contributed by atoms with Crippen molar-refractivity contribution in [3.05, 3.63) is 23.8 Å². The third-order valence-electron chi connectivity index (χ3n) is 2.56. The summed E-state index contributed by atoms with van der Waals surface area (Å²) in [7, 11) is 0. The highest BCUT2D eigenvalue weighted by Crippen LogP contribution is 2.14. The van der Waals surface area contributed by atoms with Crippen LogP contribution in [0.3, 0.4) is 0 Å². The quantitative estimate of drug-likeness (QED) is 0.576. The Morgan fingerprint density at radius 3 is 2.24 bits per heavy atom. The van der Waals surface area contributed by atoms with E-state index in [0.29, 0.717) is 16.9 Å². The molecule has 1 aromatic carbocycles. The second kappa shape index (κ2) is 5.54. The Morgan fingerprint density at radius 1 is 1.29 bits per heavy atom. The van der Waals surface area contributed by atoms with Crippen molar-refractivity contribution < 1.29 is 9.90 Å². The third-order valence-corrected chi connectivity index (χ3v) is 2.56. The average Bonchev–Trinajstić information content (AvgIpc) is 2.23. The summed E-state index contributed by atoms with van der Waals surface area (Å²) in [6.45, 7) is 3.75. The number of anilines is 2. The maximum absolute atomic E-state index is 11.9. The van der Waals surface area contributed by atoms with Crippen LogP contribution in [-0.4, -0.2) is 23.7 Å². The van der Waals surface area contributed by atoms with Gasteiger partial charge in [-0.25, -0.2) is 0 Å². The SMILES string of the molecule is CC(C)C(CO)NC(=O)c1cc(N)cc(N)c1. The van der Waals surface area contributed by atoms with Crippen LogP contribution < -0.4 is 16.8 Å². The molecule has 0 aromatic heterocycles. The van der Waals surface area contributed by atoms with Crippen LogP contribution in [-0.2, 0) is 0 Å². The van der Waals surface area contributed by atoms with E-state index in [1.807, 2.05) is 13.8 Å². The minimum atomic E-state index is -0.281. The normalized spacial score (nSPS) is 12.5. The zero-order chi connectivity index (χ0) is 13.0. The van der Waals surface area contributed by atoms with Crippen LogP contribution >= 0.6 is 0 Å². The maximum Gasteiger partial charge on any atom is 0.251 e. The first-order chi connectivity index (χ1) is 7.93. The van der Waals surface area contributed by atoms with Crippen LogP contribution in [0.1, 0.15) is 24.2 Å². The number of nitrogen functional groups attached to an aromatic ring is 2. The highest BCUT2D eigenvalue weighted by Gasteiger charge is 2.16. The fourth-order valence-corrected chi connectivity index (χ4v) is 1.48. The Hall–Kier alpha value is -1.75. The van der Waals surface area contributed by atoms with Crippen molar-refractivity contribution in [1.82, 2.24) is 5.32 Å². The van der Waals surface area contributed by atoms with Crippen molar-refractivity contribution in [3.8, 4) is 0 Å².